The number of aliphatic hydroxyl groups is 2. The van der Waals surface area contributed by atoms with Crippen LogP contribution in [0.4, 0.5) is 10.2 Å². The summed E-state index contributed by atoms with van der Waals surface area (Å²) in [5.74, 6) is 5.92. The minimum Gasteiger partial charge on any atom is -0.486 e. The third kappa shape index (κ3) is 10.2. The third-order valence-electron chi connectivity index (χ3n) is 15.9. The fourth-order valence-electron chi connectivity index (χ4n) is 11.6. The number of halogens is 1. The second kappa shape index (κ2) is 21.8. The topological polar surface area (TPSA) is 231 Å². The highest BCUT2D eigenvalue weighted by Gasteiger charge is 2.44. The van der Waals surface area contributed by atoms with Gasteiger partial charge in [0.05, 0.1) is 57.5 Å². The van der Waals surface area contributed by atoms with Gasteiger partial charge in [-0.3, -0.25) is 14.7 Å². The molecule has 1 aliphatic carbocycles. The maximum Gasteiger partial charge on any atom is 0.319 e. The Labute approximate surface area is 465 Å². The SMILES string of the molecule is CO[C@@H](C)COc1nc(N2C[C@@H]3C[C@H]2CN3)c2cc(C3CC3)c(-c3c(C)c(F)cc4[nH]ncc34)c(OCc3ccc(-c4cn([C@H](C(=O)N5C[C@H](O)C[C@H]5C(=O)N[C@H](C#Cc5cccc6sc(C)nc56)CO)C(C)C)nn4)cc3)c2n1. The number of carbonyl (C=O) groups is 2. The molecule has 80 heavy (non-hydrogen) atoms. The molecule has 2 amide bonds. The van der Waals surface area contributed by atoms with E-state index in [9.17, 15) is 19.8 Å². The Bertz CT molecular complexity index is 3740. The zero-order valence-corrected chi connectivity index (χ0v) is 46.2. The molecule has 8 aromatic rings. The van der Waals surface area contributed by atoms with Gasteiger partial charge >= 0.3 is 6.01 Å². The zero-order chi connectivity index (χ0) is 55.5. The second-order valence-electron chi connectivity index (χ2n) is 21.9. The number of ether oxygens (including phenoxy) is 3. The number of benzene rings is 4. The van der Waals surface area contributed by atoms with E-state index < -0.39 is 42.7 Å². The number of amides is 2. The Morgan fingerprint density at radius 1 is 0.988 bits per heavy atom. The molecule has 414 valence electrons. The lowest BCUT2D eigenvalue weighted by atomic mass is 9.88. The number of β-amino-alcohol motifs (C(OH)–C–C–N with tert-alkyl or cyclic N) is 1. The number of thiazole rings is 1. The Hall–Kier alpha value is -7.61. The van der Waals surface area contributed by atoms with Crippen LogP contribution in [-0.4, -0.2) is 143 Å². The summed E-state index contributed by atoms with van der Waals surface area (Å²) in [5.41, 5.74) is 7.61. The molecule has 0 unspecified atom stereocenters. The predicted octanol–water partition coefficient (Wildman–Crippen LogP) is 6.91. The molecule has 1 saturated carbocycles. The number of aryl methyl sites for hydroxylation is 1. The average molecular weight is 1100 g/mol. The molecule has 3 aliphatic heterocycles. The van der Waals surface area contributed by atoms with E-state index >= 15 is 4.39 Å². The van der Waals surface area contributed by atoms with Crippen molar-refractivity contribution in [3.63, 3.8) is 0 Å². The van der Waals surface area contributed by atoms with E-state index in [-0.39, 0.29) is 62.0 Å². The van der Waals surface area contributed by atoms with Crippen LogP contribution >= 0.6 is 11.3 Å². The molecular weight excluding hydrogens is 1040 g/mol. The smallest absolute Gasteiger partial charge is 0.319 e. The molecule has 21 heteroatoms. The van der Waals surface area contributed by atoms with Crippen molar-refractivity contribution in [2.45, 2.75) is 115 Å². The number of piperazine rings is 1. The fourth-order valence-corrected chi connectivity index (χ4v) is 12.4. The lowest BCUT2D eigenvalue weighted by molar-refractivity contribution is -0.142. The van der Waals surface area contributed by atoms with Gasteiger partial charge < -0.3 is 44.9 Å². The summed E-state index contributed by atoms with van der Waals surface area (Å²) in [4.78, 5) is 47.0. The van der Waals surface area contributed by atoms with Gasteiger partial charge in [-0.05, 0) is 92.8 Å². The Morgan fingerprint density at radius 2 is 1.81 bits per heavy atom. The number of carbonyl (C=O) groups excluding carboxylic acids is 2. The monoisotopic (exact) mass is 1100 g/mol. The van der Waals surface area contributed by atoms with Crippen molar-refractivity contribution in [2.75, 3.05) is 44.9 Å². The molecule has 0 spiro atoms. The normalized spacial score (nSPS) is 20.0. The molecule has 5 N–H and O–H groups in total. The largest absolute Gasteiger partial charge is 0.486 e. The van der Waals surface area contributed by atoms with Crippen molar-refractivity contribution in [1.82, 2.24) is 55.7 Å². The summed E-state index contributed by atoms with van der Waals surface area (Å²) in [7, 11) is 1.63. The van der Waals surface area contributed by atoms with Crippen LogP contribution in [0.2, 0.25) is 0 Å². The van der Waals surface area contributed by atoms with E-state index in [0.717, 1.165) is 86.4 Å². The van der Waals surface area contributed by atoms with E-state index in [0.29, 0.717) is 45.2 Å². The zero-order valence-electron chi connectivity index (χ0n) is 45.4. The van der Waals surface area contributed by atoms with E-state index in [1.807, 2.05) is 70.2 Å². The van der Waals surface area contributed by atoms with Gasteiger partial charge in [0.15, 0.2) is 5.75 Å². The molecule has 0 radical (unpaired) electrons. The number of fused-ring (bicyclic) bond motifs is 5. The first-order valence-electron chi connectivity index (χ1n) is 27.3. The van der Waals surface area contributed by atoms with Gasteiger partial charge in [-0.2, -0.15) is 15.1 Å². The maximum absolute atomic E-state index is 16.1. The first kappa shape index (κ1) is 53.1. The van der Waals surface area contributed by atoms with Crippen LogP contribution in [-0.2, 0) is 20.9 Å². The molecule has 19 nitrogen and oxygen atoms in total. The molecule has 2 bridgehead atoms. The molecule has 4 aromatic carbocycles. The van der Waals surface area contributed by atoms with E-state index in [1.165, 1.54) is 15.6 Å². The number of methoxy groups -OCH3 is 1. The van der Waals surface area contributed by atoms with Crippen LogP contribution < -0.4 is 25.0 Å². The van der Waals surface area contributed by atoms with Crippen molar-refractivity contribution < 1.29 is 38.4 Å². The fraction of sp³-hybridized carbons (Fsp3) is 0.424. The molecule has 12 rings (SSSR count). The van der Waals surface area contributed by atoms with Gasteiger partial charge in [0, 0.05) is 72.7 Å². The van der Waals surface area contributed by atoms with Crippen molar-refractivity contribution in [2.24, 2.45) is 5.92 Å². The van der Waals surface area contributed by atoms with E-state index in [4.69, 9.17) is 24.2 Å². The van der Waals surface area contributed by atoms with Crippen molar-refractivity contribution in [3.8, 4) is 46.0 Å². The summed E-state index contributed by atoms with van der Waals surface area (Å²) >= 11 is 1.56. The molecule has 7 atom stereocenters. The van der Waals surface area contributed by atoms with Crippen LogP contribution in [0.25, 0.3) is 54.4 Å². The molecule has 4 aromatic heterocycles. The highest BCUT2D eigenvalue weighted by molar-refractivity contribution is 7.18. The Balaban J connectivity index is 0.826. The van der Waals surface area contributed by atoms with Gasteiger partial charge in [0.1, 0.15) is 54.2 Å². The average Bonchev–Trinajstić information content (AvgIpc) is 4.20. The summed E-state index contributed by atoms with van der Waals surface area (Å²) in [6.45, 7) is 10.9. The molecule has 4 fully saturated rings. The summed E-state index contributed by atoms with van der Waals surface area (Å²) < 4.78 is 37.5. The van der Waals surface area contributed by atoms with Crippen molar-refractivity contribution >= 4 is 61.0 Å². The maximum atomic E-state index is 16.1. The van der Waals surface area contributed by atoms with Crippen molar-refractivity contribution in [3.05, 3.63) is 100 Å². The second-order valence-corrected chi connectivity index (χ2v) is 23.2. The van der Waals surface area contributed by atoms with Gasteiger partial charge in [-0.25, -0.2) is 14.1 Å². The number of rotatable bonds is 17. The number of nitrogens with zero attached hydrogens (tertiary/aromatic N) is 9. The minimum atomic E-state index is -1.01. The standard InChI is InChI=1S/C59H63FN12O7S/c1-30(2)54(58(76)71-25-41(74)19-48(71)57(75)64-38(27-73)17-16-37-8-7-9-49-52(37)63-33(5)80-49)72-26-47(68-69-72)36-12-10-34(11-13-36)29-78-55-51(50-32(4)45(60)21-46-44(50)23-62-67-46)42(35-14-15-35)20-43-53(55)65-59(79-28-31(3)77-6)66-56(43)70-24-39-18-40(70)22-61-39/h7-13,20-21,23,26,30-31,35,38-41,48,54,61,73-74H,14-15,18-19,22,24-25,27-29H2,1-6H3,(H,62,67)(H,64,75)/t31-,38+,39-,40-,41+,48-,54-/m0/s1. The quantitative estimate of drug-likeness (QED) is 0.0584. The van der Waals surface area contributed by atoms with Gasteiger partial charge in [-0.1, -0.05) is 61.2 Å². The minimum absolute atomic E-state index is 0.0159. The van der Waals surface area contributed by atoms with Crippen LogP contribution in [0, 0.1) is 37.4 Å². The van der Waals surface area contributed by atoms with Crippen molar-refractivity contribution in [1.29, 1.82) is 0 Å². The molecule has 3 saturated heterocycles. The van der Waals surface area contributed by atoms with Gasteiger partial charge in [-0.15, -0.1) is 16.4 Å². The first-order valence-corrected chi connectivity index (χ1v) is 28.1. The highest BCUT2D eigenvalue weighted by atomic mass is 32.1. The van der Waals surface area contributed by atoms with Gasteiger partial charge in [0.2, 0.25) is 11.8 Å². The Morgan fingerprint density at radius 3 is 2.55 bits per heavy atom. The molecular formula is C59H63FN12O7S. The van der Waals surface area contributed by atoms with E-state index in [2.05, 4.69) is 58.9 Å². The van der Waals surface area contributed by atoms with Crippen LogP contribution in [0.1, 0.15) is 85.7 Å². The molecule has 7 heterocycles. The number of aromatic amines is 1. The first-order chi connectivity index (χ1) is 38.7. The Kier molecular flexibility index (Phi) is 14.5. The number of aliphatic hydroxyl groups excluding tert-OH is 2. The number of aromatic nitrogens is 8. The number of anilines is 1. The summed E-state index contributed by atoms with van der Waals surface area (Å²) in [5, 5.41) is 46.4. The third-order valence-corrected chi connectivity index (χ3v) is 16.8. The predicted molar refractivity (Wildman–Crippen MR) is 301 cm³/mol. The van der Waals surface area contributed by atoms with E-state index in [1.54, 1.807) is 37.8 Å². The highest BCUT2D eigenvalue weighted by Crippen LogP contribution is 2.53. The number of hydrogen-bond donors (Lipinski definition) is 5. The van der Waals surface area contributed by atoms with Crippen LogP contribution in [0.15, 0.2) is 67.0 Å². The van der Waals surface area contributed by atoms with Gasteiger partial charge in [0.25, 0.3) is 0 Å². The number of H-pyrrole nitrogens is 1. The van der Waals surface area contributed by atoms with Crippen LogP contribution in [0.5, 0.6) is 11.8 Å². The number of likely N-dealkylation sites (tertiary alicyclic amines) is 1. The lowest BCUT2D eigenvalue weighted by Crippen LogP contribution is -2.51. The number of para-hydroxylation sites is 1. The summed E-state index contributed by atoms with van der Waals surface area (Å²) in [6.07, 6.45) is 5.25. The van der Waals surface area contributed by atoms with Crippen LogP contribution in [0.3, 0.4) is 0 Å². The number of hydrogen-bond acceptors (Lipinski definition) is 16. The summed E-state index contributed by atoms with van der Waals surface area (Å²) in [6, 6.07) is 15.1. The lowest BCUT2D eigenvalue weighted by Gasteiger charge is -2.30. The molecule has 4 aliphatic rings. The number of nitrogens with one attached hydrogen (secondary N) is 3.